The number of methoxy groups -OCH3 is 1. The van der Waals surface area contributed by atoms with E-state index >= 15 is 0 Å². The van der Waals surface area contributed by atoms with Gasteiger partial charge in [-0.2, -0.15) is 4.98 Å². The number of benzene rings is 1. The van der Waals surface area contributed by atoms with Gasteiger partial charge in [0.15, 0.2) is 5.82 Å². The van der Waals surface area contributed by atoms with E-state index in [1.807, 2.05) is 12.1 Å². The summed E-state index contributed by atoms with van der Waals surface area (Å²) < 4.78 is 4.99. The monoisotopic (exact) mass is 311 g/mol. The highest BCUT2D eigenvalue weighted by Gasteiger charge is 2.06. The highest BCUT2D eigenvalue weighted by Crippen LogP contribution is 2.24. The van der Waals surface area contributed by atoms with Gasteiger partial charge in [0.25, 0.3) is 0 Å². The summed E-state index contributed by atoms with van der Waals surface area (Å²) in [6, 6.07) is 8.33. The number of alkyl halides is 1. The van der Waals surface area contributed by atoms with Gasteiger partial charge in [0.2, 0.25) is 0 Å². The van der Waals surface area contributed by atoms with Gasteiger partial charge in [-0.05, 0) is 30.5 Å². The zero-order chi connectivity index (χ0) is 14.4. The van der Waals surface area contributed by atoms with E-state index in [0.717, 1.165) is 18.5 Å². The van der Waals surface area contributed by atoms with Crippen LogP contribution >= 0.6 is 23.2 Å². The Balaban J connectivity index is 2.17. The molecule has 0 bridgehead atoms. The van der Waals surface area contributed by atoms with Crippen LogP contribution in [-0.4, -0.2) is 23.0 Å². The van der Waals surface area contributed by atoms with Gasteiger partial charge in [0, 0.05) is 11.6 Å². The summed E-state index contributed by atoms with van der Waals surface area (Å²) in [6.07, 6.45) is 3.40. The summed E-state index contributed by atoms with van der Waals surface area (Å²) in [5, 5.41) is 3.61. The Bertz CT molecular complexity index is 578. The quantitative estimate of drug-likeness (QED) is 0.817. The summed E-state index contributed by atoms with van der Waals surface area (Å²) in [6.45, 7) is 0. The summed E-state index contributed by atoms with van der Waals surface area (Å²) in [7, 11) is 1.51. The molecule has 4 nitrogen and oxygen atoms in total. The molecule has 0 atom stereocenters. The summed E-state index contributed by atoms with van der Waals surface area (Å²) in [4.78, 5) is 8.12. The SMILES string of the molecule is COc1ncc(Cl)c(Nc2cccc(CCCCl)c2)n1. The van der Waals surface area contributed by atoms with E-state index in [9.17, 15) is 0 Å². The second-order valence-electron chi connectivity index (χ2n) is 4.17. The van der Waals surface area contributed by atoms with E-state index in [0.29, 0.717) is 16.7 Å². The number of halogens is 2. The van der Waals surface area contributed by atoms with E-state index in [4.69, 9.17) is 27.9 Å². The van der Waals surface area contributed by atoms with Crippen LogP contribution in [0.25, 0.3) is 0 Å². The van der Waals surface area contributed by atoms with E-state index in [2.05, 4.69) is 27.4 Å². The van der Waals surface area contributed by atoms with Crippen LogP contribution < -0.4 is 10.1 Å². The minimum Gasteiger partial charge on any atom is -0.467 e. The van der Waals surface area contributed by atoms with Crippen LogP contribution in [0.3, 0.4) is 0 Å². The minimum atomic E-state index is 0.273. The Morgan fingerprint density at radius 2 is 2.20 bits per heavy atom. The molecule has 2 aromatic rings. The molecule has 6 heteroatoms. The fraction of sp³-hybridized carbons (Fsp3) is 0.286. The molecule has 20 heavy (non-hydrogen) atoms. The standard InChI is InChI=1S/C14H15Cl2N3O/c1-20-14-17-9-12(16)13(19-14)18-11-6-2-4-10(8-11)5-3-7-15/h2,4,6,8-9H,3,5,7H2,1H3,(H,17,18,19). The van der Waals surface area contributed by atoms with Crippen molar-refractivity contribution >= 4 is 34.7 Å². The van der Waals surface area contributed by atoms with Crippen LogP contribution in [0.4, 0.5) is 11.5 Å². The Morgan fingerprint density at radius 3 is 2.95 bits per heavy atom. The van der Waals surface area contributed by atoms with Crippen LogP contribution in [0.5, 0.6) is 6.01 Å². The molecule has 0 aliphatic heterocycles. The number of ether oxygens (including phenoxy) is 1. The topological polar surface area (TPSA) is 47.0 Å². The molecule has 0 aliphatic carbocycles. The minimum absolute atomic E-state index is 0.273. The van der Waals surface area contributed by atoms with Gasteiger partial charge in [-0.3, -0.25) is 0 Å². The van der Waals surface area contributed by atoms with Crippen molar-refractivity contribution in [1.29, 1.82) is 0 Å². The molecule has 0 spiro atoms. The van der Waals surface area contributed by atoms with Crippen molar-refractivity contribution in [2.75, 3.05) is 18.3 Å². The van der Waals surface area contributed by atoms with Crippen LogP contribution in [0.15, 0.2) is 30.5 Å². The van der Waals surface area contributed by atoms with E-state index in [1.54, 1.807) is 0 Å². The van der Waals surface area contributed by atoms with Crippen LogP contribution in [-0.2, 0) is 6.42 Å². The van der Waals surface area contributed by atoms with E-state index in [1.165, 1.54) is 18.9 Å². The van der Waals surface area contributed by atoms with Gasteiger partial charge in [-0.1, -0.05) is 23.7 Å². The van der Waals surface area contributed by atoms with Crippen molar-refractivity contribution in [2.24, 2.45) is 0 Å². The first-order valence-corrected chi connectivity index (χ1v) is 7.12. The Kier molecular flexibility index (Phi) is 5.44. The molecule has 1 N–H and O–H groups in total. The second-order valence-corrected chi connectivity index (χ2v) is 4.96. The summed E-state index contributed by atoms with van der Waals surface area (Å²) >= 11 is 11.8. The predicted octanol–water partition coefficient (Wildman–Crippen LogP) is 4.05. The summed E-state index contributed by atoms with van der Waals surface area (Å²) in [5.74, 6) is 1.18. The fourth-order valence-electron chi connectivity index (χ4n) is 1.75. The molecule has 0 aliphatic rings. The molecule has 106 valence electrons. The molecule has 0 amide bonds. The first-order valence-electron chi connectivity index (χ1n) is 6.21. The Labute approximate surface area is 128 Å². The van der Waals surface area contributed by atoms with Crippen molar-refractivity contribution in [3.63, 3.8) is 0 Å². The zero-order valence-corrected chi connectivity index (χ0v) is 12.6. The van der Waals surface area contributed by atoms with Crippen molar-refractivity contribution in [3.05, 3.63) is 41.0 Å². The van der Waals surface area contributed by atoms with Crippen molar-refractivity contribution in [1.82, 2.24) is 9.97 Å². The number of nitrogens with zero attached hydrogens (tertiary/aromatic N) is 2. The van der Waals surface area contributed by atoms with Gasteiger partial charge >= 0.3 is 6.01 Å². The average molecular weight is 312 g/mol. The van der Waals surface area contributed by atoms with Crippen molar-refractivity contribution < 1.29 is 4.74 Å². The third-order valence-corrected chi connectivity index (χ3v) is 3.24. The molecule has 0 fully saturated rings. The van der Waals surface area contributed by atoms with Gasteiger partial charge < -0.3 is 10.1 Å². The fourth-order valence-corrected chi connectivity index (χ4v) is 2.02. The number of anilines is 2. The first-order chi connectivity index (χ1) is 9.72. The van der Waals surface area contributed by atoms with Crippen molar-refractivity contribution in [2.45, 2.75) is 12.8 Å². The number of nitrogens with one attached hydrogen (secondary N) is 1. The number of aryl methyl sites for hydroxylation is 1. The van der Waals surface area contributed by atoms with Gasteiger partial charge in [0.05, 0.1) is 13.3 Å². The van der Waals surface area contributed by atoms with Crippen LogP contribution in [0, 0.1) is 0 Å². The maximum atomic E-state index is 6.07. The second kappa shape index (κ2) is 7.31. The van der Waals surface area contributed by atoms with E-state index in [-0.39, 0.29) is 6.01 Å². The molecule has 2 rings (SSSR count). The maximum Gasteiger partial charge on any atom is 0.318 e. The Morgan fingerprint density at radius 1 is 1.35 bits per heavy atom. The normalized spacial score (nSPS) is 10.3. The molecule has 1 aromatic carbocycles. The van der Waals surface area contributed by atoms with Gasteiger partial charge in [0.1, 0.15) is 5.02 Å². The number of aromatic nitrogens is 2. The number of hydrogen-bond acceptors (Lipinski definition) is 4. The lowest BCUT2D eigenvalue weighted by molar-refractivity contribution is 0.380. The third-order valence-electron chi connectivity index (χ3n) is 2.69. The third kappa shape index (κ3) is 3.99. The molecule has 1 aromatic heterocycles. The number of rotatable bonds is 6. The molecular formula is C14H15Cl2N3O. The summed E-state index contributed by atoms with van der Waals surface area (Å²) in [5.41, 5.74) is 2.13. The lowest BCUT2D eigenvalue weighted by atomic mass is 10.1. The predicted molar refractivity (Wildman–Crippen MR) is 82.4 cm³/mol. The van der Waals surface area contributed by atoms with Gasteiger partial charge in [-0.25, -0.2) is 4.98 Å². The first kappa shape index (κ1) is 14.9. The largest absolute Gasteiger partial charge is 0.467 e. The van der Waals surface area contributed by atoms with E-state index < -0.39 is 0 Å². The molecule has 0 radical (unpaired) electrons. The highest BCUT2D eigenvalue weighted by molar-refractivity contribution is 6.32. The molecular weight excluding hydrogens is 297 g/mol. The van der Waals surface area contributed by atoms with Crippen molar-refractivity contribution in [3.8, 4) is 6.01 Å². The smallest absolute Gasteiger partial charge is 0.318 e. The molecule has 0 saturated carbocycles. The molecule has 1 heterocycles. The van der Waals surface area contributed by atoms with Gasteiger partial charge in [-0.15, -0.1) is 11.6 Å². The zero-order valence-electron chi connectivity index (χ0n) is 11.1. The Hall–Kier alpha value is -1.52. The molecule has 0 unspecified atom stereocenters. The number of hydrogen-bond donors (Lipinski definition) is 1. The highest BCUT2D eigenvalue weighted by atomic mass is 35.5. The maximum absolute atomic E-state index is 6.07. The lowest BCUT2D eigenvalue weighted by Crippen LogP contribution is -1.99. The average Bonchev–Trinajstić information content (AvgIpc) is 2.48. The van der Waals surface area contributed by atoms with Crippen LogP contribution in [0.2, 0.25) is 5.02 Å². The lowest BCUT2D eigenvalue weighted by Gasteiger charge is -2.09. The molecule has 0 saturated heterocycles. The van der Waals surface area contributed by atoms with Crippen LogP contribution in [0.1, 0.15) is 12.0 Å².